The summed E-state index contributed by atoms with van der Waals surface area (Å²) in [6.45, 7) is 3.83. The molecule has 2 amide bonds. The number of carbonyl (C=O) groups is 2. The van der Waals surface area contributed by atoms with E-state index in [-0.39, 0.29) is 17.7 Å². The molecule has 2 aromatic heterocycles. The summed E-state index contributed by atoms with van der Waals surface area (Å²) in [4.78, 5) is 30.6. The fraction of sp³-hybridized carbons (Fsp3) is 0.444. The Morgan fingerprint density at radius 2 is 2.16 bits per heavy atom. The average Bonchev–Trinajstić information content (AvgIpc) is 3.16. The van der Waals surface area contributed by atoms with Crippen LogP contribution in [0.25, 0.3) is 11.3 Å². The van der Waals surface area contributed by atoms with E-state index in [4.69, 9.17) is 0 Å². The highest BCUT2D eigenvalue weighted by molar-refractivity contribution is 5.94. The smallest absolute Gasteiger partial charge is 0.271 e. The van der Waals surface area contributed by atoms with Crippen LogP contribution >= 0.6 is 0 Å². The van der Waals surface area contributed by atoms with Crippen molar-refractivity contribution >= 4 is 11.8 Å². The number of pyridine rings is 1. The Balaban J connectivity index is 1.66. The lowest BCUT2D eigenvalue weighted by Gasteiger charge is -2.31. The molecule has 2 N–H and O–H groups in total. The number of amides is 2. The SMILES string of the molecule is CCCNC(=O)C1CCCN(C(=O)c2cc(-c3ccncc3)n[nH]2)C1. The van der Waals surface area contributed by atoms with Crippen molar-refractivity contribution in [2.24, 2.45) is 5.92 Å². The maximum absolute atomic E-state index is 12.7. The Labute approximate surface area is 146 Å². The third-order valence-electron chi connectivity index (χ3n) is 4.41. The Morgan fingerprint density at radius 1 is 1.36 bits per heavy atom. The molecule has 0 spiro atoms. The van der Waals surface area contributed by atoms with Gasteiger partial charge < -0.3 is 10.2 Å². The number of aromatic amines is 1. The van der Waals surface area contributed by atoms with Crippen LogP contribution in [0.5, 0.6) is 0 Å². The van der Waals surface area contributed by atoms with Crippen LogP contribution in [0.3, 0.4) is 0 Å². The van der Waals surface area contributed by atoms with Gasteiger partial charge in [-0.25, -0.2) is 0 Å². The Morgan fingerprint density at radius 3 is 2.92 bits per heavy atom. The summed E-state index contributed by atoms with van der Waals surface area (Å²) in [6.07, 6.45) is 5.95. The molecule has 7 nitrogen and oxygen atoms in total. The third-order valence-corrected chi connectivity index (χ3v) is 4.41. The molecule has 3 rings (SSSR count). The van der Waals surface area contributed by atoms with Crippen molar-refractivity contribution in [1.29, 1.82) is 0 Å². The highest BCUT2D eigenvalue weighted by Crippen LogP contribution is 2.21. The molecule has 2 aromatic rings. The first-order valence-electron chi connectivity index (χ1n) is 8.72. The minimum Gasteiger partial charge on any atom is -0.356 e. The Kier molecular flexibility index (Phi) is 5.42. The fourth-order valence-corrected chi connectivity index (χ4v) is 3.04. The van der Waals surface area contributed by atoms with Crippen LogP contribution in [0, 0.1) is 5.92 Å². The lowest BCUT2D eigenvalue weighted by Crippen LogP contribution is -2.45. The van der Waals surface area contributed by atoms with Crippen LogP contribution in [0.15, 0.2) is 30.6 Å². The zero-order valence-corrected chi connectivity index (χ0v) is 14.4. The molecule has 0 bridgehead atoms. The van der Waals surface area contributed by atoms with Gasteiger partial charge in [-0.1, -0.05) is 6.92 Å². The fourth-order valence-electron chi connectivity index (χ4n) is 3.04. The topological polar surface area (TPSA) is 91.0 Å². The van der Waals surface area contributed by atoms with Gasteiger partial charge >= 0.3 is 0 Å². The van der Waals surface area contributed by atoms with Gasteiger partial charge in [0.05, 0.1) is 11.6 Å². The molecule has 0 aromatic carbocycles. The number of nitrogens with zero attached hydrogens (tertiary/aromatic N) is 3. The van der Waals surface area contributed by atoms with Crippen LogP contribution < -0.4 is 5.32 Å². The van der Waals surface area contributed by atoms with Gasteiger partial charge in [-0.2, -0.15) is 5.10 Å². The molecule has 25 heavy (non-hydrogen) atoms. The molecule has 1 saturated heterocycles. The van der Waals surface area contributed by atoms with E-state index in [2.05, 4.69) is 20.5 Å². The summed E-state index contributed by atoms with van der Waals surface area (Å²) in [5, 5.41) is 9.96. The van der Waals surface area contributed by atoms with Gasteiger partial charge in [0.1, 0.15) is 5.69 Å². The number of nitrogens with one attached hydrogen (secondary N) is 2. The molecule has 1 fully saturated rings. The standard InChI is InChI=1S/C18H23N5O2/c1-2-7-20-17(24)14-4-3-10-23(12-14)18(25)16-11-15(21-22-16)13-5-8-19-9-6-13/h5-6,8-9,11,14H,2-4,7,10,12H2,1H3,(H,20,24)(H,21,22). The summed E-state index contributed by atoms with van der Waals surface area (Å²) in [6, 6.07) is 5.44. The monoisotopic (exact) mass is 341 g/mol. The molecule has 132 valence electrons. The van der Waals surface area contributed by atoms with Gasteiger partial charge in [0, 0.05) is 37.6 Å². The second kappa shape index (κ2) is 7.92. The molecule has 1 aliphatic heterocycles. The first-order valence-corrected chi connectivity index (χ1v) is 8.72. The molecule has 1 aliphatic rings. The second-order valence-electron chi connectivity index (χ2n) is 6.28. The zero-order chi connectivity index (χ0) is 17.6. The molecule has 1 unspecified atom stereocenters. The maximum Gasteiger partial charge on any atom is 0.271 e. The van der Waals surface area contributed by atoms with Crippen LogP contribution in [-0.4, -0.2) is 51.5 Å². The van der Waals surface area contributed by atoms with Gasteiger partial charge in [0.15, 0.2) is 0 Å². The third kappa shape index (κ3) is 4.04. The van der Waals surface area contributed by atoms with Crippen molar-refractivity contribution in [3.8, 4) is 11.3 Å². The predicted octanol–water partition coefficient (Wildman–Crippen LogP) is 1.85. The summed E-state index contributed by atoms with van der Waals surface area (Å²) in [5.41, 5.74) is 2.06. The van der Waals surface area contributed by atoms with Crippen LogP contribution in [0.2, 0.25) is 0 Å². The quantitative estimate of drug-likeness (QED) is 0.868. The van der Waals surface area contributed by atoms with Gasteiger partial charge in [0.2, 0.25) is 5.91 Å². The van der Waals surface area contributed by atoms with Gasteiger partial charge in [-0.05, 0) is 37.5 Å². The van der Waals surface area contributed by atoms with Crippen molar-refractivity contribution in [1.82, 2.24) is 25.4 Å². The number of aromatic nitrogens is 3. The van der Waals surface area contributed by atoms with Crippen molar-refractivity contribution in [2.45, 2.75) is 26.2 Å². The van der Waals surface area contributed by atoms with Crippen molar-refractivity contribution in [3.05, 3.63) is 36.3 Å². The second-order valence-corrected chi connectivity index (χ2v) is 6.28. The van der Waals surface area contributed by atoms with E-state index in [0.29, 0.717) is 31.0 Å². The largest absolute Gasteiger partial charge is 0.356 e. The van der Waals surface area contributed by atoms with Crippen molar-refractivity contribution in [2.75, 3.05) is 19.6 Å². The van der Waals surface area contributed by atoms with E-state index >= 15 is 0 Å². The molecule has 0 saturated carbocycles. The van der Waals surface area contributed by atoms with E-state index in [1.54, 1.807) is 23.4 Å². The number of H-pyrrole nitrogens is 1. The van der Waals surface area contributed by atoms with Gasteiger partial charge in [0.25, 0.3) is 5.91 Å². The molecule has 0 aliphatic carbocycles. The molecule has 3 heterocycles. The molecular weight excluding hydrogens is 318 g/mol. The number of hydrogen-bond acceptors (Lipinski definition) is 4. The van der Waals surface area contributed by atoms with E-state index in [1.165, 1.54) is 0 Å². The van der Waals surface area contributed by atoms with Crippen LogP contribution in [-0.2, 0) is 4.79 Å². The highest BCUT2D eigenvalue weighted by Gasteiger charge is 2.29. The Bertz CT molecular complexity index is 728. The van der Waals surface area contributed by atoms with E-state index in [9.17, 15) is 9.59 Å². The lowest BCUT2D eigenvalue weighted by molar-refractivity contribution is -0.126. The summed E-state index contributed by atoms with van der Waals surface area (Å²) < 4.78 is 0. The summed E-state index contributed by atoms with van der Waals surface area (Å²) in [7, 11) is 0. The van der Waals surface area contributed by atoms with Gasteiger partial charge in [-0.15, -0.1) is 0 Å². The number of hydrogen-bond donors (Lipinski definition) is 2. The molecule has 1 atom stereocenters. The molecular formula is C18H23N5O2. The maximum atomic E-state index is 12.7. The van der Waals surface area contributed by atoms with Crippen LogP contribution in [0.1, 0.15) is 36.7 Å². The minimum absolute atomic E-state index is 0.0430. The summed E-state index contributed by atoms with van der Waals surface area (Å²) >= 11 is 0. The molecule has 7 heteroatoms. The van der Waals surface area contributed by atoms with E-state index in [0.717, 1.165) is 24.8 Å². The normalized spacial score (nSPS) is 17.3. The first kappa shape index (κ1) is 17.1. The van der Waals surface area contributed by atoms with Crippen LogP contribution in [0.4, 0.5) is 0 Å². The zero-order valence-electron chi connectivity index (χ0n) is 14.4. The minimum atomic E-state index is -0.133. The van der Waals surface area contributed by atoms with Gasteiger partial charge in [-0.3, -0.25) is 19.7 Å². The number of rotatable bonds is 5. The molecule has 0 radical (unpaired) electrons. The van der Waals surface area contributed by atoms with Crippen molar-refractivity contribution < 1.29 is 9.59 Å². The van der Waals surface area contributed by atoms with E-state index in [1.807, 2.05) is 19.1 Å². The predicted molar refractivity (Wildman–Crippen MR) is 93.7 cm³/mol. The average molecular weight is 341 g/mol. The lowest BCUT2D eigenvalue weighted by atomic mass is 9.97. The first-order chi connectivity index (χ1) is 12.2. The van der Waals surface area contributed by atoms with Crippen molar-refractivity contribution in [3.63, 3.8) is 0 Å². The number of carbonyl (C=O) groups excluding carboxylic acids is 2. The highest BCUT2D eigenvalue weighted by atomic mass is 16.2. The summed E-state index contributed by atoms with van der Waals surface area (Å²) in [5.74, 6) is -0.200. The number of likely N-dealkylation sites (tertiary alicyclic amines) is 1. The number of piperidine rings is 1. The van der Waals surface area contributed by atoms with E-state index < -0.39 is 0 Å². The Hall–Kier alpha value is -2.70.